The average molecular weight is 341 g/mol. The van der Waals surface area contributed by atoms with Crippen molar-refractivity contribution in [1.29, 1.82) is 0 Å². The molecule has 0 saturated heterocycles. The smallest absolute Gasteiger partial charge is 0.246 e. The summed E-state index contributed by atoms with van der Waals surface area (Å²) in [7, 11) is 0. The van der Waals surface area contributed by atoms with Crippen molar-refractivity contribution in [2.75, 3.05) is 6.54 Å². The number of carbonyl (C=O) groups is 1. The first-order chi connectivity index (χ1) is 9.19. The van der Waals surface area contributed by atoms with Crippen LogP contribution in [0.15, 0.2) is 45.5 Å². The zero-order chi connectivity index (χ0) is 13.7. The second kappa shape index (κ2) is 6.68. The Kier molecular flexibility index (Phi) is 4.93. The highest BCUT2D eigenvalue weighted by Gasteiger charge is 2.13. The van der Waals surface area contributed by atoms with E-state index in [2.05, 4.69) is 27.5 Å². The standard InChI is InChI=1S/C13H13BrN2O2S/c1-2-13(17)16(6-5-10-4-3-7-18-10)9-12-15-8-11(14)19-12/h2-4,7-8H,1,5-6,9H2. The van der Waals surface area contributed by atoms with E-state index in [1.165, 1.54) is 17.4 Å². The van der Waals surface area contributed by atoms with Crippen LogP contribution in [0.4, 0.5) is 0 Å². The van der Waals surface area contributed by atoms with Crippen molar-refractivity contribution in [3.8, 4) is 0 Å². The number of thiazole rings is 1. The normalized spacial score (nSPS) is 10.4. The maximum absolute atomic E-state index is 11.8. The molecule has 0 atom stereocenters. The predicted octanol–water partition coefficient (Wildman–Crippen LogP) is 3.26. The van der Waals surface area contributed by atoms with Crippen LogP contribution in [0.5, 0.6) is 0 Å². The van der Waals surface area contributed by atoms with Crippen LogP contribution in [0, 0.1) is 0 Å². The second-order valence-electron chi connectivity index (χ2n) is 3.85. The molecule has 0 aliphatic rings. The van der Waals surface area contributed by atoms with Crippen molar-refractivity contribution in [3.63, 3.8) is 0 Å². The quantitative estimate of drug-likeness (QED) is 0.758. The third-order valence-electron chi connectivity index (χ3n) is 2.55. The molecule has 0 unspecified atom stereocenters. The van der Waals surface area contributed by atoms with Crippen molar-refractivity contribution in [2.24, 2.45) is 0 Å². The van der Waals surface area contributed by atoms with Gasteiger partial charge in [-0.1, -0.05) is 6.58 Å². The number of carbonyl (C=O) groups excluding carboxylic acids is 1. The summed E-state index contributed by atoms with van der Waals surface area (Å²) >= 11 is 4.89. The van der Waals surface area contributed by atoms with Crippen LogP contribution in [-0.2, 0) is 17.8 Å². The van der Waals surface area contributed by atoms with Crippen molar-refractivity contribution in [1.82, 2.24) is 9.88 Å². The van der Waals surface area contributed by atoms with Crippen LogP contribution in [0.2, 0.25) is 0 Å². The van der Waals surface area contributed by atoms with Crippen LogP contribution in [0.3, 0.4) is 0 Å². The number of hydrogen-bond acceptors (Lipinski definition) is 4. The number of amides is 1. The Morgan fingerprint density at radius 2 is 2.47 bits per heavy atom. The molecule has 0 bridgehead atoms. The van der Waals surface area contributed by atoms with Crippen molar-refractivity contribution >= 4 is 33.2 Å². The number of furan rings is 1. The van der Waals surface area contributed by atoms with E-state index in [4.69, 9.17) is 4.42 Å². The third kappa shape index (κ3) is 4.04. The minimum absolute atomic E-state index is 0.0992. The van der Waals surface area contributed by atoms with Crippen molar-refractivity contribution < 1.29 is 9.21 Å². The highest BCUT2D eigenvalue weighted by molar-refractivity contribution is 9.11. The van der Waals surface area contributed by atoms with E-state index in [1.807, 2.05) is 12.1 Å². The largest absolute Gasteiger partial charge is 0.469 e. The highest BCUT2D eigenvalue weighted by atomic mass is 79.9. The minimum atomic E-state index is -0.0992. The van der Waals surface area contributed by atoms with Gasteiger partial charge in [-0.25, -0.2) is 4.98 Å². The summed E-state index contributed by atoms with van der Waals surface area (Å²) in [4.78, 5) is 17.8. The van der Waals surface area contributed by atoms with E-state index in [9.17, 15) is 4.79 Å². The van der Waals surface area contributed by atoms with Gasteiger partial charge in [0.1, 0.15) is 10.8 Å². The van der Waals surface area contributed by atoms with Gasteiger partial charge in [-0.3, -0.25) is 4.79 Å². The summed E-state index contributed by atoms with van der Waals surface area (Å²) in [5, 5.41) is 0.890. The van der Waals surface area contributed by atoms with Gasteiger partial charge in [-0.2, -0.15) is 0 Å². The Balaban J connectivity index is 1.99. The van der Waals surface area contributed by atoms with Gasteiger partial charge in [0, 0.05) is 13.0 Å². The monoisotopic (exact) mass is 340 g/mol. The molecule has 4 nitrogen and oxygen atoms in total. The zero-order valence-corrected chi connectivity index (χ0v) is 12.6. The Bertz CT molecular complexity index is 551. The van der Waals surface area contributed by atoms with E-state index < -0.39 is 0 Å². The number of rotatable bonds is 6. The fraction of sp³-hybridized carbons (Fsp3) is 0.231. The fourth-order valence-electron chi connectivity index (χ4n) is 1.62. The summed E-state index contributed by atoms with van der Waals surface area (Å²) in [6, 6.07) is 3.74. The lowest BCUT2D eigenvalue weighted by molar-refractivity contribution is -0.126. The topological polar surface area (TPSA) is 46.3 Å². The van der Waals surface area contributed by atoms with Crippen LogP contribution in [0.25, 0.3) is 0 Å². The van der Waals surface area contributed by atoms with E-state index in [0.717, 1.165) is 14.6 Å². The molecule has 2 rings (SSSR count). The molecule has 6 heteroatoms. The van der Waals surface area contributed by atoms with Gasteiger partial charge in [-0.15, -0.1) is 11.3 Å². The van der Waals surface area contributed by atoms with Gasteiger partial charge in [0.2, 0.25) is 5.91 Å². The number of halogens is 1. The molecule has 0 aromatic carbocycles. The lowest BCUT2D eigenvalue weighted by Gasteiger charge is -2.19. The lowest BCUT2D eigenvalue weighted by atomic mass is 10.3. The first-order valence-electron chi connectivity index (χ1n) is 5.73. The molecule has 1 amide bonds. The molecule has 0 radical (unpaired) electrons. The second-order valence-corrected chi connectivity index (χ2v) is 6.35. The summed E-state index contributed by atoms with van der Waals surface area (Å²) in [5.74, 6) is 0.764. The molecule has 0 aliphatic carbocycles. The van der Waals surface area contributed by atoms with Crippen molar-refractivity contribution in [3.05, 3.63) is 51.8 Å². The summed E-state index contributed by atoms with van der Waals surface area (Å²) in [6.07, 6.45) is 5.37. The molecule has 2 aromatic heterocycles. The van der Waals surface area contributed by atoms with E-state index >= 15 is 0 Å². The maximum atomic E-state index is 11.8. The van der Waals surface area contributed by atoms with Gasteiger partial charge in [0.05, 0.1) is 22.8 Å². The van der Waals surface area contributed by atoms with Crippen LogP contribution >= 0.6 is 27.3 Å². The van der Waals surface area contributed by atoms with E-state index in [-0.39, 0.29) is 5.91 Å². The summed E-state index contributed by atoms with van der Waals surface area (Å²) in [5.41, 5.74) is 0. The zero-order valence-electron chi connectivity index (χ0n) is 10.2. The van der Waals surface area contributed by atoms with Gasteiger partial charge < -0.3 is 9.32 Å². The molecule has 0 saturated carbocycles. The van der Waals surface area contributed by atoms with Gasteiger partial charge in [0.25, 0.3) is 0 Å². The Morgan fingerprint density at radius 1 is 1.63 bits per heavy atom. The molecule has 100 valence electrons. The van der Waals surface area contributed by atoms with Crippen LogP contribution < -0.4 is 0 Å². The average Bonchev–Trinajstić information content (AvgIpc) is 3.05. The van der Waals surface area contributed by atoms with Gasteiger partial charge >= 0.3 is 0 Å². The molecular formula is C13H13BrN2O2S. The first kappa shape index (κ1) is 14.0. The number of aromatic nitrogens is 1. The molecular weight excluding hydrogens is 328 g/mol. The summed E-state index contributed by atoms with van der Waals surface area (Å²) in [6.45, 7) is 4.60. The van der Waals surface area contributed by atoms with Crippen LogP contribution in [-0.4, -0.2) is 22.3 Å². The molecule has 19 heavy (non-hydrogen) atoms. The fourth-order valence-corrected chi connectivity index (χ4v) is 2.94. The Morgan fingerprint density at radius 3 is 3.05 bits per heavy atom. The first-order valence-corrected chi connectivity index (χ1v) is 7.34. The lowest BCUT2D eigenvalue weighted by Crippen LogP contribution is -2.30. The minimum Gasteiger partial charge on any atom is -0.469 e. The van der Waals surface area contributed by atoms with Crippen LogP contribution in [0.1, 0.15) is 10.8 Å². The molecule has 0 aliphatic heterocycles. The summed E-state index contributed by atoms with van der Waals surface area (Å²) < 4.78 is 6.23. The Hall–Kier alpha value is -1.40. The molecule has 2 aromatic rings. The Labute approximate surface area is 123 Å². The number of hydrogen-bond donors (Lipinski definition) is 0. The van der Waals surface area contributed by atoms with Gasteiger partial charge in [-0.05, 0) is 34.1 Å². The third-order valence-corrected chi connectivity index (χ3v) is 4.01. The van der Waals surface area contributed by atoms with Crippen molar-refractivity contribution in [2.45, 2.75) is 13.0 Å². The SMILES string of the molecule is C=CC(=O)N(CCc1ccco1)Cc1ncc(Br)s1. The van der Waals surface area contributed by atoms with E-state index in [1.54, 1.807) is 17.4 Å². The van der Waals surface area contributed by atoms with E-state index in [0.29, 0.717) is 19.5 Å². The maximum Gasteiger partial charge on any atom is 0.246 e. The molecule has 0 fully saturated rings. The molecule has 0 N–H and O–H groups in total. The van der Waals surface area contributed by atoms with Gasteiger partial charge in [0.15, 0.2) is 0 Å². The highest BCUT2D eigenvalue weighted by Crippen LogP contribution is 2.20. The predicted molar refractivity (Wildman–Crippen MR) is 77.8 cm³/mol. The number of nitrogens with zero attached hydrogens (tertiary/aromatic N) is 2. The molecule has 2 heterocycles. The molecule has 0 spiro atoms.